The number of carbonyl (C=O) groups is 3. The van der Waals surface area contributed by atoms with E-state index in [0.717, 1.165) is 22.1 Å². The van der Waals surface area contributed by atoms with Gasteiger partial charge in [-0.1, -0.05) is 6.07 Å². The van der Waals surface area contributed by atoms with E-state index in [9.17, 15) is 14.4 Å². The van der Waals surface area contributed by atoms with E-state index in [1.54, 1.807) is 36.3 Å². The quantitative estimate of drug-likeness (QED) is 0.646. The SMILES string of the molecule is COc1ccc(C(C)NC(=O)CNC(=O)c2ccc(N3CCCC3=O)cc2)cc1Br. The molecular weight excluding hydrogens is 450 g/mol. The minimum atomic E-state index is -0.343. The maximum absolute atomic E-state index is 12.3. The molecule has 1 unspecified atom stereocenters. The van der Waals surface area contributed by atoms with Crippen LogP contribution in [0.4, 0.5) is 5.69 Å². The average molecular weight is 474 g/mol. The number of anilines is 1. The molecule has 1 atom stereocenters. The summed E-state index contributed by atoms with van der Waals surface area (Å²) in [6.45, 7) is 2.44. The topological polar surface area (TPSA) is 87.7 Å². The Labute approximate surface area is 183 Å². The van der Waals surface area contributed by atoms with Gasteiger partial charge in [0.25, 0.3) is 5.91 Å². The Kier molecular flexibility index (Phi) is 7.10. The third-order valence-electron chi connectivity index (χ3n) is 4.98. The van der Waals surface area contributed by atoms with Crippen molar-refractivity contribution in [2.24, 2.45) is 0 Å². The Hall–Kier alpha value is -2.87. The summed E-state index contributed by atoms with van der Waals surface area (Å²) in [5.41, 5.74) is 2.13. The van der Waals surface area contributed by atoms with E-state index in [4.69, 9.17) is 4.74 Å². The van der Waals surface area contributed by atoms with E-state index in [2.05, 4.69) is 26.6 Å². The number of nitrogens with one attached hydrogen (secondary N) is 2. The van der Waals surface area contributed by atoms with Gasteiger partial charge in [-0.15, -0.1) is 0 Å². The fourth-order valence-electron chi connectivity index (χ4n) is 3.30. The van der Waals surface area contributed by atoms with Gasteiger partial charge in [0, 0.05) is 24.2 Å². The molecule has 1 heterocycles. The molecule has 3 amide bonds. The molecule has 3 rings (SSSR count). The van der Waals surface area contributed by atoms with Crippen molar-refractivity contribution < 1.29 is 19.1 Å². The number of hydrogen-bond donors (Lipinski definition) is 2. The first-order valence-electron chi connectivity index (χ1n) is 9.70. The number of halogens is 1. The molecule has 0 aliphatic carbocycles. The lowest BCUT2D eigenvalue weighted by Crippen LogP contribution is -2.38. The summed E-state index contributed by atoms with van der Waals surface area (Å²) in [5.74, 6) is 0.179. The van der Waals surface area contributed by atoms with Crippen molar-refractivity contribution in [1.29, 1.82) is 0 Å². The molecule has 1 fully saturated rings. The van der Waals surface area contributed by atoms with E-state index in [1.165, 1.54) is 0 Å². The lowest BCUT2D eigenvalue weighted by atomic mass is 10.1. The molecule has 1 aliphatic rings. The van der Waals surface area contributed by atoms with Gasteiger partial charge in [0.1, 0.15) is 5.75 Å². The second-order valence-electron chi connectivity index (χ2n) is 7.06. The molecular formula is C22H24BrN3O4. The van der Waals surface area contributed by atoms with Crippen LogP contribution in [-0.2, 0) is 9.59 Å². The Morgan fingerprint density at radius 3 is 2.53 bits per heavy atom. The van der Waals surface area contributed by atoms with Crippen molar-refractivity contribution in [3.63, 3.8) is 0 Å². The second-order valence-corrected chi connectivity index (χ2v) is 7.92. The molecule has 0 radical (unpaired) electrons. The van der Waals surface area contributed by atoms with Crippen molar-refractivity contribution in [1.82, 2.24) is 10.6 Å². The first kappa shape index (κ1) is 21.8. The fourth-order valence-corrected chi connectivity index (χ4v) is 3.86. The van der Waals surface area contributed by atoms with Gasteiger partial charge in [-0.2, -0.15) is 0 Å². The van der Waals surface area contributed by atoms with E-state index >= 15 is 0 Å². The molecule has 158 valence electrons. The van der Waals surface area contributed by atoms with Crippen LogP contribution in [0, 0.1) is 0 Å². The maximum atomic E-state index is 12.3. The molecule has 0 saturated carbocycles. The third-order valence-corrected chi connectivity index (χ3v) is 5.60. The standard InChI is InChI=1S/C22H24BrN3O4/c1-14(16-7-10-19(30-2)18(23)12-16)25-20(27)13-24-22(29)15-5-8-17(9-6-15)26-11-3-4-21(26)28/h5-10,12,14H,3-4,11,13H2,1-2H3,(H,24,29)(H,25,27). The van der Waals surface area contributed by atoms with Crippen LogP contribution in [-0.4, -0.2) is 37.9 Å². The Balaban J connectivity index is 1.51. The smallest absolute Gasteiger partial charge is 0.251 e. The third kappa shape index (κ3) is 5.18. The number of carbonyl (C=O) groups excluding carboxylic acids is 3. The highest BCUT2D eigenvalue weighted by molar-refractivity contribution is 9.10. The van der Waals surface area contributed by atoms with Crippen LogP contribution in [0.15, 0.2) is 46.9 Å². The van der Waals surface area contributed by atoms with Gasteiger partial charge in [0.2, 0.25) is 11.8 Å². The van der Waals surface area contributed by atoms with Gasteiger partial charge >= 0.3 is 0 Å². The summed E-state index contributed by atoms with van der Waals surface area (Å²) in [6, 6.07) is 12.2. The van der Waals surface area contributed by atoms with Crippen molar-refractivity contribution in [2.45, 2.75) is 25.8 Å². The summed E-state index contributed by atoms with van der Waals surface area (Å²) in [5, 5.41) is 5.48. The highest BCUT2D eigenvalue weighted by atomic mass is 79.9. The summed E-state index contributed by atoms with van der Waals surface area (Å²) < 4.78 is 6.01. The predicted octanol–water partition coefficient (Wildman–Crippen LogP) is 3.19. The van der Waals surface area contributed by atoms with E-state index < -0.39 is 0 Å². The first-order chi connectivity index (χ1) is 14.4. The van der Waals surface area contributed by atoms with Gasteiger partial charge in [-0.05, 0) is 71.2 Å². The lowest BCUT2D eigenvalue weighted by molar-refractivity contribution is -0.120. The molecule has 8 heteroatoms. The molecule has 0 aromatic heterocycles. The van der Waals surface area contributed by atoms with E-state index in [0.29, 0.717) is 24.3 Å². The zero-order chi connectivity index (χ0) is 21.7. The summed E-state index contributed by atoms with van der Waals surface area (Å²) in [4.78, 5) is 38.1. The molecule has 30 heavy (non-hydrogen) atoms. The minimum Gasteiger partial charge on any atom is -0.496 e. The molecule has 1 aliphatic heterocycles. The monoisotopic (exact) mass is 473 g/mol. The number of nitrogens with zero attached hydrogens (tertiary/aromatic N) is 1. The van der Waals surface area contributed by atoms with Crippen LogP contribution in [0.5, 0.6) is 5.75 Å². The summed E-state index contributed by atoms with van der Waals surface area (Å²) in [6.07, 6.45) is 1.41. The Morgan fingerprint density at radius 1 is 1.20 bits per heavy atom. The molecule has 2 aromatic rings. The van der Waals surface area contributed by atoms with Crippen LogP contribution in [0.3, 0.4) is 0 Å². The van der Waals surface area contributed by atoms with Gasteiger partial charge < -0.3 is 20.3 Å². The molecule has 0 bridgehead atoms. The lowest BCUT2D eigenvalue weighted by Gasteiger charge is -2.17. The second kappa shape index (κ2) is 9.75. The van der Waals surface area contributed by atoms with Gasteiger partial charge in [0.15, 0.2) is 0 Å². The first-order valence-corrected chi connectivity index (χ1v) is 10.5. The normalized spacial score (nSPS) is 14.4. The summed E-state index contributed by atoms with van der Waals surface area (Å²) in [7, 11) is 1.59. The van der Waals surface area contributed by atoms with Gasteiger partial charge in [-0.25, -0.2) is 0 Å². The highest BCUT2D eigenvalue weighted by Crippen LogP contribution is 2.28. The number of methoxy groups -OCH3 is 1. The Morgan fingerprint density at radius 2 is 1.93 bits per heavy atom. The van der Waals surface area contributed by atoms with Gasteiger partial charge in [0.05, 0.1) is 24.2 Å². The van der Waals surface area contributed by atoms with Crippen LogP contribution in [0.1, 0.15) is 41.7 Å². The van der Waals surface area contributed by atoms with Crippen molar-refractivity contribution in [3.8, 4) is 5.75 Å². The van der Waals surface area contributed by atoms with Gasteiger partial charge in [-0.3, -0.25) is 14.4 Å². The maximum Gasteiger partial charge on any atom is 0.251 e. The largest absolute Gasteiger partial charge is 0.496 e. The molecule has 1 saturated heterocycles. The van der Waals surface area contributed by atoms with Crippen molar-refractivity contribution >= 4 is 39.3 Å². The highest BCUT2D eigenvalue weighted by Gasteiger charge is 2.21. The van der Waals surface area contributed by atoms with Crippen LogP contribution < -0.4 is 20.3 Å². The minimum absolute atomic E-state index is 0.0990. The molecule has 7 nitrogen and oxygen atoms in total. The van der Waals surface area contributed by atoms with Crippen LogP contribution in [0.2, 0.25) is 0 Å². The Bertz CT molecular complexity index is 946. The zero-order valence-electron chi connectivity index (χ0n) is 16.9. The van der Waals surface area contributed by atoms with Crippen LogP contribution >= 0.6 is 15.9 Å². The summed E-state index contributed by atoms with van der Waals surface area (Å²) >= 11 is 3.43. The average Bonchev–Trinajstić information content (AvgIpc) is 3.17. The van der Waals surface area contributed by atoms with Crippen molar-refractivity contribution in [3.05, 3.63) is 58.1 Å². The number of hydrogen-bond acceptors (Lipinski definition) is 4. The van der Waals surface area contributed by atoms with Crippen LogP contribution in [0.25, 0.3) is 0 Å². The number of amides is 3. The zero-order valence-corrected chi connectivity index (χ0v) is 18.5. The molecule has 2 N–H and O–H groups in total. The van der Waals surface area contributed by atoms with E-state index in [-0.39, 0.29) is 30.3 Å². The molecule has 0 spiro atoms. The van der Waals surface area contributed by atoms with Crippen molar-refractivity contribution in [2.75, 3.05) is 25.1 Å². The van der Waals surface area contributed by atoms with E-state index in [1.807, 2.05) is 25.1 Å². The fraction of sp³-hybridized carbons (Fsp3) is 0.318. The number of ether oxygens (including phenoxy) is 1. The number of benzene rings is 2. The number of rotatable bonds is 7. The molecule has 2 aromatic carbocycles. The predicted molar refractivity (Wildman–Crippen MR) is 118 cm³/mol.